The Bertz CT molecular complexity index is 437. The summed E-state index contributed by atoms with van der Waals surface area (Å²) >= 11 is 0. The first-order chi connectivity index (χ1) is 8.67. The topological polar surface area (TPSA) is 15.3 Å². The molecule has 2 nitrogen and oxygen atoms in total. The quantitative estimate of drug-likeness (QED) is 0.860. The fourth-order valence-electron chi connectivity index (χ4n) is 3.42. The van der Waals surface area contributed by atoms with Gasteiger partial charge in [0, 0.05) is 18.6 Å². The molecule has 2 heterocycles. The molecule has 2 heteroatoms. The second-order valence-corrected chi connectivity index (χ2v) is 6.32. The number of fused-ring (bicyclic) bond motifs is 1. The largest absolute Gasteiger partial charge is 0.312 e. The lowest BCUT2D eigenvalue weighted by atomic mass is 9.94. The minimum absolute atomic E-state index is 0.385. The highest BCUT2D eigenvalue weighted by Crippen LogP contribution is 2.31. The Hall–Kier alpha value is -0.860. The minimum atomic E-state index is 0.385. The van der Waals surface area contributed by atoms with Crippen LogP contribution in [0.25, 0.3) is 0 Å². The molecule has 0 aliphatic carbocycles. The molecule has 0 spiro atoms. The molecule has 98 valence electrons. The maximum absolute atomic E-state index is 3.46. The molecule has 2 aliphatic heterocycles. The standard InChI is InChI=1S/C16H24N2/c1-16(2)8-4-10-18(16)12-14-6-3-5-13-11-17-9-7-15(13)14/h3,5-6,17H,4,7-12H2,1-2H3. The van der Waals surface area contributed by atoms with Gasteiger partial charge in [-0.3, -0.25) is 4.90 Å². The van der Waals surface area contributed by atoms with E-state index >= 15 is 0 Å². The summed E-state index contributed by atoms with van der Waals surface area (Å²) in [5.41, 5.74) is 5.06. The summed E-state index contributed by atoms with van der Waals surface area (Å²) < 4.78 is 0. The molecule has 0 saturated carbocycles. The normalized spacial score (nSPS) is 23.0. The second kappa shape index (κ2) is 4.67. The third-order valence-corrected chi connectivity index (χ3v) is 4.67. The predicted octanol–water partition coefficient (Wildman–Crippen LogP) is 2.71. The number of rotatable bonds is 2. The summed E-state index contributed by atoms with van der Waals surface area (Å²) in [5, 5.41) is 3.46. The summed E-state index contributed by atoms with van der Waals surface area (Å²) in [6, 6.07) is 6.84. The Balaban J connectivity index is 1.85. The van der Waals surface area contributed by atoms with Crippen molar-refractivity contribution in [3.63, 3.8) is 0 Å². The Morgan fingerprint density at radius 3 is 3.00 bits per heavy atom. The van der Waals surface area contributed by atoms with Gasteiger partial charge in [-0.05, 0) is 62.9 Å². The van der Waals surface area contributed by atoms with Crippen molar-refractivity contribution in [1.29, 1.82) is 0 Å². The summed E-state index contributed by atoms with van der Waals surface area (Å²) in [6.07, 6.45) is 3.88. The summed E-state index contributed by atoms with van der Waals surface area (Å²) in [4.78, 5) is 2.66. The van der Waals surface area contributed by atoms with Gasteiger partial charge in [-0.25, -0.2) is 0 Å². The van der Waals surface area contributed by atoms with Gasteiger partial charge in [0.15, 0.2) is 0 Å². The molecule has 0 amide bonds. The third kappa shape index (κ3) is 2.19. The van der Waals surface area contributed by atoms with E-state index in [1.165, 1.54) is 31.4 Å². The first kappa shape index (κ1) is 12.2. The van der Waals surface area contributed by atoms with Gasteiger partial charge in [-0.15, -0.1) is 0 Å². The van der Waals surface area contributed by atoms with Gasteiger partial charge in [-0.2, -0.15) is 0 Å². The molecule has 2 aliphatic rings. The van der Waals surface area contributed by atoms with Crippen LogP contribution in [-0.4, -0.2) is 23.5 Å². The van der Waals surface area contributed by atoms with Crippen LogP contribution in [0.5, 0.6) is 0 Å². The second-order valence-electron chi connectivity index (χ2n) is 6.32. The highest BCUT2D eigenvalue weighted by Gasteiger charge is 2.32. The van der Waals surface area contributed by atoms with Crippen molar-refractivity contribution in [1.82, 2.24) is 10.2 Å². The molecule has 0 bridgehead atoms. The van der Waals surface area contributed by atoms with Crippen molar-refractivity contribution in [2.45, 2.75) is 51.7 Å². The molecule has 1 aromatic carbocycles. The highest BCUT2D eigenvalue weighted by atomic mass is 15.2. The van der Waals surface area contributed by atoms with E-state index in [-0.39, 0.29) is 0 Å². The first-order valence-corrected chi connectivity index (χ1v) is 7.22. The molecular weight excluding hydrogens is 220 g/mol. The van der Waals surface area contributed by atoms with E-state index in [0.29, 0.717) is 5.54 Å². The number of benzene rings is 1. The number of nitrogens with one attached hydrogen (secondary N) is 1. The van der Waals surface area contributed by atoms with Gasteiger partial charge in [0.2, 0.25) is 0 Å². The molecule has 1 fully saturated rings. The molecule has 0 unspecified atom stereocenters. The lowest BCUT2D eigenvalue weighted by Crippen LogP contribution is -2.38. The zero-order chi connectivity index (χ0) is 12.6. The summed E-state index contributed by atoms with van der Waals surface area (Å²) in [7, 11) is 0. The zero-order valence-electron chi connectivity index (χ0n) is 11.6. The van der Waals surface area contributed by atoms with Gasteiger partial charge < -0.3 is 5.32 Å². The van der Waals surface area contributed by atoms with Crippen molar-refractivity contribution in [2.75, 3.05) is 13.1 Å². The monoisotopic (exact) mass is 244 g/mol. The van der Waals surface area contributed by atoms with Crippen LogP contribution in [-0.2, 0) is 19.5 Å². The molecule has 18 heavy (non-hydrogen) atoms. The summed E-state index contributed by atoms with van der Waals surface area (Å²) in [5.74, 6) is 0. The van der Waals surface area contributed by atoms with E-state index < -0.39 is 0 Å². The number of nitrogens with zero attached hydrogens (tertiary/aromatic N) is 1. The molecule has 3 rings (SSSR count). The van der Waals surface area contributed by atoms with Crippen LogP contribution in [0.3, 0.4) is 0 Å². The van der Waals surface area contributed by atoms with Crippen molar-refractivity contribution < 1.29 is 0 Å². The van der Waals surface area contributed by atoms with E-state index in [9.17, 15) is 0 Å². The van der Waals surface area contributed by atoms with Gasteiger partial charge in [0.25, 0.3) is 0 Å². The maximum atomic E-state index is 3.46. The fourth-order valence-corrected chi connectivity index (χ4v) is 3.42. The number of likely N-dealkylation sites (tertiary alicyclic amines) is 1. The van der Waals surface area contributed by atoms with Crippen molar-refractivity contribution in [2.24, 2.45) is 0 Å². The Labute approximate surface area is 110 Å². The lowest BCUT2D eigenvalue weighted by Gasteiger charge is -2.33. The van der Waals surface area contributed by atoms with Crippen LogP contribution in [0, 0.1) is 0 Å². The van der Waals surface area contributed by atoms with Crippen LogP contribution < -0.4 is 5.32 Å². The smallest absolute Gasteiger partial charge is 0.0241 e. The molecule has 1 saturated heterocycles. The highest BCUT2D eigenvalue weighted by molar-refractivity contribution is 5.37. The molecule has 1 N–H and O–H groups in total. The Morgan fingerprint density at radius 1 is 1.33 bits per heavy atom. The maximum Gasteiger partial charge on any atom is 0.0241 e. The Morgan fingerprint density at radius 2 is 2.22 bits per heavy atom. The molecule has 0 aromatic heterocycles. The average molecular weight is 244 g/mol. The Kier molecular flexibility index (Phi) is 3.16. The molecule has 0 atom stereocenters. The molecule has 1 aromatic rings. The lowest BCUT2D eigenvalue weighted by molar-refractivity contribution is 0.166. The predicted molar refractivity (Wildman–Crippen MR) is 75.6 cm³/mol. The average Bonchev–Trinajstić information content (AvgIpc) is 2.69. The van der Waals surface area contributed by atoms with Crippen molar-refractivity contribution in [3.05, 3.63) is 34.9 Å². The van der Waals surface area contributed by atoms with Crippen LogP contribution in [0.1, 0.15) is 43.4 Å². The van der Waals surface area contributed by atoms with Crippen LogP contribution in [0.15, 0.2) is 18.2 Å². The third-order valence-electron chi connectivity index (χ3n) is 4.67. The van der Waals surface area contributed by atoms with Crippen LogP contribution in [0.2, 0.25) is 0 Å². The van der Waals surface area contributed by atoms with Crippen molar-refractivity contribution in [3.8, 4) is 0 Å². The van der Waals surface area contributed by atoms with Crippen LogP contribution in [0.4, 0.5) is 0 Å². The first-order valence-electron chi connectivity index (χ1n) is 7.22. The fraction of sp³-hybridized carbons (Fsp3) is 0.625. The van der Waals surface area contributed by atoms with E-state index in [0.717, 1.165) is 19.6 Å². The number of hydrogen-bond acceptors (Lipinski definition) is 2. The zero-order valence-corrected chi connectivity index (χ0v) is 11.6. The molecular formula is C16H24N2. The van der Waals surface area contributed by atoms with Gasteiger partial charge in [0.1, 0.15) is 0 Å². The SMILES string of the molecule is CC1(C)CCCN1Cc1cccc2c1CCNC2. The van der Waals surface area contributed by atoms with Gasteiger partial charge in [0.05, 0.1) is 0 Å². The minimum Gasteiger partial charge on any atom is -0.312 e. The van der Waals surface area contributed by atoms with E-state index in [4.69, 9.17) is 0 Å². The van der Waals surface area contributed by atoms with Crippen LogP contribution >= 0.6 is 0 Å². The number of hydrogen-bond donors (Lipinski definition) is 1. The van der Waals surface area contributed by atoms with E-state index in [1.54, 1.807) is 11.1 Å². The van der Waals surface area contributed by atoms with Gasteiger partial charge >= 0.3 is 0 Å². The summed E-state index contributed by atoms with van der Waals surface area (Å²) in [6.45, 7) is 9.35. The van der Waals surface area contributed by atoms with Gasteiger partial charge in [-0.1, -0.05) is 18.2 Å². The van der Waals surface area contributed by atoms with E-state index in [2.05, 4.69) is 42.3 Å². The van der Waals surface area contributed by atoms with Crippen molar-refractivity contribution >= 4 is 0 Å². The molecule has 0 radical (unpaired) electrons. The van der Waals surface area contributed by atoms with E-state index in [1.807, 2.05) is 0 Å².